The molecule has 0 aliphatic rings. The molecule has 8 nitrogen and oxygen atoms in total. The summed E-state index contributed by atoms with van der Waals surface area (Å²) in [6.07, 6.45) is 2.12. The molecule has 2 aromatic carbocycles. The number of nitrogens with zero attached hydrogens (tertiary/aromatic N) is 2. The van der Waals surface area contributed by atoms with Crippen molar-refractivity contribution < 1.29 is 13.5 Å². The zero-order valence-electron chi connectivity index (χ0n) is 15.3. The molecular formula is C19H20BrN5O3S. The Balaban J connectivity index is 1.80. The lowest BCUT2D eigenvalue weighted by Crippen LogP contribution is -2.14. The van der Waals surface area contributed by atoms with Gasteiger partial charge in [0.1, 0.15) is 5.82 Å². The summed E-state index contributed by atoms with van der Waals surface area (Å²) < 4.78 is 23.4. The summed E-state index contributed by atoms with van der Waals surface area (Å²) in [5.41, 5.74) is 1.64. The molecular weight excluding hydrogens is 458 g/mol. The van der Waals surface area contributed by atoms with Crippen molar-refractivity contribution in [3.05, 3.63) is 70.8 Å². The largest absolute Gasteiger partial charge is 0.396 e. The van der Waals surface area contributed by atoms with E-state index in [4.69, 9.17) is 5.14 Å². The number of primary sulfonamides is 1. The summed E-state index contributed by atoms with van der Waals surface area (Å²) >= 11 is 3.44. The summed E-state index contributed by atoms with van der Waals surface area (Å²) in [4.78, 5) is 8.74. The van der Waals surface area contributed by atoms with Crippen LogP contribution in [0.4, 0.5) is 17.5 Å². The minimum Gasteiger partial charge on any atom is -0.396 e. The lowest BCUT2D eigenvalue weighted by molar-refractivity contribution is 0.280. The summed E-state index contributed by atoms with van der Waals surface area (Å²) in [7, 11) is -3.75. The summed E-state index contributed by atoms with van der Waals surface area (Å²) in [6, 6.07) is 15.6. The van der Waals surface area contributed by atoms with E-state index in [9.17, 15) is 13.5 Å². The summed E-state index contributed by atoms with van der Waals surface area (Å²) in [5.74, 6) is 0.890. The molecule has 3 aromatic rings. The van der Waals surface area contributed by atoms with Gasteiger partial charge in [0.15, 0.2) is 0 Å². The molecule has 5 N–H and O–H groups in total. The number of anilines is 3. The first-order valence-corrected chi connectivity index (χ1v) is 11.1. The van der Waals surface area contributed by atoms with Gasteiger partial charge < -0.3 is 15.7 Å². The summed E-state index contributed by atoms with van der Waals surface area (Å²) in [5, 5.41) is 20.9. The van der Waals surface area contributed by atoms with E-state index in [0.717, 1.165) is 5.56 Å². The van der Waals surface area contributed by atoms with Crippen molar-refractivity contribution >= 4 is 43.4 Å². The van der Waals surface area contributed by atoms with E-state index in [1.54, 1.807) is 18.3 Å². The highest BCUT2D eigenvalue weighted by atomic mass is 79.9. The monoisotopic (exact) mass is 477 g/mol. The minimum absolute atomic E-state index is 0.0246. The number of sulfonamides is 1. The van der Waals surface area contributed by atoms with Crippen LogP contribution in [0, 0.1) is 0 Å². The average Bonchev–Trinajstić information content (AvgIpc) is 2.70. The number of hydrogen-bond donors (Lipinski definition) is 4. The second-order valence-corrected chi connectivity index (χ2v) is 8.62. The van der Waals surface area contributed by atoms with Crippen LogP contribution in [0.3, 0.4) is 0 Å². The Morgan fingerprint density at radius 2 is 1.79 bits per heavy atom. The minimum atomic E-state index is -3.75. The fourth-order valence-corrected chi connectivity index (χ4v) is 3.51. The van der Waals surface area contributed by atoms with Gasteiger partial charge in [-0.15, -0.1) is 0 Å². The quantitative estimate of drug-likeness (QED) is 0.391. The third kappa shape index (κ3) is 5.73. The van der Waals surface area contributed by atoms with Crippen molar-refractivity contribution in [3.8, 4) is 0 Å². The van der Waals surface area contributed by atoms with Crippen LogP contribution in [0.5, 0.6) is 0 Å². The van der Waals surface area contributed by atoms with Crippen molar-refractivity contribution in [1.29, 1.82) is 0 Å². The van der Waals surface area contributed by atoms with Crippen LogP contribution in [0.1, 0.15) is 18.0 Å². The lowest BCUT2D eigenvalue weighted by Gasteiger charge is -2.20. The van der Waals surface area contributed by atoms with E-state index in [1.165, 1.54) is 12.1 Å². The molecule has 1 aromatic heterocycles. The van der Waals surface area contributed by atoms with E-state index in [-0.39, 0.29) is 17.5 Å². The number of aliphatic hydroxyl groups excluding tert-OH is 1. The fourth-order valence-electron chi connectivity index (χ4n) is 2.69. The standard InChI is InChI=1S/C19H20BrN5O3S/c20-16-12-22-19(23-14-6-8-15(9-7-14)29(21,27)28)25-18(16)24-17(10-11-26)13-4-2-1-3-5-13/h1-9,12,17,26H,10-11H2,(H2,21,27,28)(H2,22,23,24,25). The molecule has 1 heterocycles. The van der Waals surface area contributed by atoms with Crippen LogP contribution in [-0.4, -0.2) is 30.1 Å². The first-order valence-electron chi connectivity index (χ1n) is 8.71. The number of hydrogen-bond acceptors (Lipinski definition) is 7. The second-order valence-electron chi connectivity index (χ2n) is 6.20. The van der Waals surface area contributed by atoms with Gasteiger partial charge in [-0.3, -0.25) is 0 Å². The zero-order chi connectivity index (χ0) is 20.9. The van der Waals surface area contributed by atoms with E-state index < -0.39 is 10.0 Å². The number of nitrogens with two attached hydrogens (primary N) is 1. The Morgan fingerprint density at radius 3 is 2.41 bits per heavy atom. The number of aliphatic hydroxyl groups is 1. The van der Waals surface area contributed by atoms with Crippen LogP contribution in [0.2, 0.25) is 0 Å². The van der Waals surface area contributed by atoms with Crippen molar-refractivity contribution in [3.63, 3.8) is 0 Å². The first kappa shape index (κ1) is 21.2. The van der Waals surface area contributed by atoms with Crippen LogP contribution >= 0.6 is 15.9 Å². The van der Waals surface area contributed by atoms with Gasteiger partial charge in [0.05, 0.1) is 15.4 Å². The van der Waals surface area contributed by atoms with Crippen LogP contribution in [0.15, 0.2) is 70.2 Å². The Morgan fingerprint density at radius 1 is 1.10 bits per heavy atom. The van der Waals surface area contributed by atoms with Gasteiger partial charge in [-0.1, -0.05) is 30.3 Å². The van der Waals surface area contributed by atoms with Crippen LogP contribution < -0.4 is 15.8 Å². The summed E-state index contributed by atoms with van der Waals surface area (Å²) in [6.45, 7) is 0.0246. The molecule has 0 fully saturated rings. The Hall–Kier alpha value is -2.53. The van der Waals surface area contributed by atoms with E-state index >= 15 is 0 Å². The van der Waals surface area contributed by atoms with Gasteiger partial charge in [-0.25, -0.2) is 18.5 Å². The number of aromatic nitrogens is 2. The molecule has 0 spiro atoms. The molecule has 0 aliphatic heterocycles. The molecule has 0 aliphatic carbocycles. The molecule has 3 rings (SSSR count). The second kappa shape index (κ2) is 9.31. The fraction of sp³-hybridized carbons (Fsp3) is 0.158. The highest BCUT2D eigenvalue weighted by Crippen LogP contribution is 2.28. The molecule has 0 saturated heterocycles. The zero-order valence-corrected chi connectivity index (χ0v) is 17.7. The Kier molecular flexibility index (Phi) is 6.80. The molecule has 0 saturated carbocycles. The highest BCUT2D eigenvalue weighted by molar-refractivity contribution is 9.10. The Labute approximate surface area is 177 Å². The maximum Gasteiger partial charge on any atom is 0.238 e. The van der Waals surface area contributed by atoms with E-state index in [1.807, 2.05) is 30.3 Å². The SMILES string of the molecule is NS(=O)(=O)c1ccc(Nc2ncc(Br)c(NC(CCO)c3ccccc3)n2)cc1. The number of rotatable bonds is 8. The van der Waals surface area contributed by atoms with Crippen molar-refractivity contribution in [2.24, 2.45) is 5.14 Å². The number of nitrogens with one attached hydrogen (secondary N) is 2. The van der Waals surface area contributed by atoms with Gasteiger partial charge in [-0.05, 0) is 52.2 Å². The first-order chi connectivity index (χ1) is 13.9. The molecule has 0 amide bonds. The maximum atomic E-state index is 11.4. The van der Waals surface area contributed by atoms with E-state index in [2.05, 4.69) is 36.5 Å². The topological polar surface area (TPSA) is 130 Å². The molecule has 1 unspecified atom stereocenters. The maximum absolute atomic E-state index is 11.4. The van der Waals surface area contributed by atoms with Gasteiger partial charge in [0.2, 0.25) is 16.0 Å². The van der Waals surface area contributed by atoms with Gasteiger partial charge in [-0.2, -0.15) is 4.98 Å². The van der Waals surface area contributed by atoms with Gasteiger partial charge in [0, 0.05) is 18.5 Å². The van der Waals surface area contributed by atoms with Crippen molar-refractivity contribution in [2.75, 3.05) is 17.2 Å². The van der Waals surface area contributed by atoms with Crippen LogP contribution in [0.25, 0.3) is 0 Å². The van der Waals surface area contributed by atoms with Crippen molar-refractivity contribution in [2.45, 2.75) is 17.4 Å². The molecule has 0 bridgehead atoms. The highest BCUT2D eigenvalue weighted by Gasteiger charge is 2.14. The third-order valence-electron chi connectivity index (χ3n) is 4.11. The third-order valence-corrected chi connectivity index (χ3v) is 5.62. The number of halogens is 1. The van der Waals surface area contributed by atoms with E-state index in [0.29, 0.717) is 28.3 Å². The van der Waals surface area contributed by atoms with Gasteiger partial charge >= 0.3 is 0 Å². The molecule has 0 radical (unpaired) electrons. The Bertz CT molecular complexity index is 1060. The molecule has 152 valence electrons. The normalized spacial score (nSPS) is 12.4. The van der Waals surface area contributed by atoms with Crippen LogP contribution in [-0.2, 0) is 10.0 Å². The lowest BCUT2D eigenvalue weighted by atomic mass is 10.0. The molecule has 1 atom stereocenters. The van der Waals surface area contributed by atoms with Gasteiger partial charge in [0.25, 0.3) is 0 Å². The predicted octanol–water partition coefficient (Wildman–Crippen LogP) is 3.17. The smallest absolute Gasteiger partial charge is 0.238 e. The average molecular weight is 478 g/mol. The van der Waals surface area contributed by atoms with Crippen molar-refractivity contribution in [1.82, 2.24) is 9.97 Å². The number of benzene rings is 2. The molecule has 29 heavy (non-hydrogen) atoms. The predicted molar refractivity (Wildman–Crippen MR) is 115 cm³/mol. The molecule has 10 heteroatoms.